The van der Waals surface area contributed by atoms with Gasteiger partial charge in [-0.25, -0.2) is 0 Å². The van der Waals surface area contributed by atoms with E-state index in [1.165, 1.54) is 51.9 Å². The molecule has 2 aliphatic heterocycles. The number of piperidine rings is 1. The van der Waals surface area contributed by atoms with Gasteiger partial charge in [-0.3, -0.25) is 9.69 Å². The Morgan fingerprint density at radius 2 is 1.65 bits per heavy atom. The largest absolute Gasteiger partial charge is 0.340 e. The van der Waals surface area contributed by atoms with Gasteiger partial charge in [0.2, 0.25) is 5.91 Å². The van der Waals surface area contributed by atoms with Crippen molar-refractivity contribution in [1.29, 1.82) is 0 Å². The van der Waals surface area contributed by atoms with E-state index in [-0.39, 0.29) is 5.91 Å². The minimum absolute atomic E-state index is 0.230. The average molecular weight is 281 g/mol. The van der Waals surface area contributed by atoms with Crippen LogP contribution in [0.25, 0.3) is 0 Å². The Morgan fingerprint density at radius 1 is 1.00 bits per heavy atom. The first-order valence-corrected chi connectivity index (χ1v) is 8.39. The van der Waals surface area contributed by atoms with Crippen molar-refractivity contribution in [3.63, 3.8) is 0 Å². The third-order valence-electron chi connectivity index (χ3n) is 4.87. The molecule has 2 heterocycles. The second-order valence-corrected chi connectivity index (χ2v) is 6.45. The van der Waals surface area contributed by atoms with Crippen LogP contribution in [0.4, 0.5) is 0 Å². The molecule has 116 valence electrons. The summed E-state index contributed by atoms with van der Waals surface area (Å²) in [5.41, 5.74) is 0. The molecule has 0 aromatic heterocycles. The molecule has 0 spiro atoms. The Bertz CT molecular complexity index is 292. The zero-order chi connectivity index (χ0) is 14.4. The molecule has 2 saturated heterocycles. The van der Waals surface area contributed by atoms with E-state index in [9.17, 15) is 4.79 Å². The minimum atomic E-state index is 0.230. The monoisotopic (exact) mass is 281 g/mol. The number of unbranched alkanes of at least 4 members (excludes halogenated alkanes) is 1. The molecule has 2 rings (SSSR count). The van der Waals surface area contributed by atoms with Crippen LogP contribution in [0.15, 0.2) is 0 Å². The van der Waals surface area contributed by atoms with Crippen LogP contribution in [0, 0.1) is 5.92 Å². The topological polar surface area (TPSA) is 26.8 Å². The van der Waals surface area contributed by atoms with Gasteiger partial charge in [-0.05, 0) is 44.8 Å². The van der Waals surface area contributed by atoms with Crippen molar-refractivity contribution in [2.45, 2.75) is 39.5 Å². The Hall–Kier alpha value is -0.610. The fourth-order valence-corrected chi connectivity index (χ4v) is 3.38. The van der Waals surface area contributed by atoms with Crippen LogP contribution < -0.4 is 0 Å². The summed E-state index contributed by atoms with van der Waals surface area (Å²) < 4.78 is 0. The first-order valence-electron chi connectivity index (χ1n) is 8.39. The summed E-state index contributed by atoms with van der Waals surface area (Å²) >= 11 is 0. The number of carbonyl (C=O) groups is 1. The lowest BCUT2D eigenvalue weighted by molar-refractivity contribution is -0.130. The van der Waals surface area contributed by atoms with Crippen molar-refractivity contribution in [3.8, 4) is 0 Å². The van der Waals surface area contributed by atoms with E-state index in [1.807, 2.05) is 4.90 Å². The first kappa shape index (κ1) is 15.8. The molecule has 0 radical (unpaired) electrons. The summed E-state index contributed by atoms with van der Waals surface area (Å²) in [6.45, 7) is 13.0. The van der Waals surface area contributed by atoms with Crippen LogP contribution in [0.5, 0.6) is 0 Å². The average Bonchev–Trinajstić information content (AvgIpc) is 2.47. The summed E-state index contributed by atoms with van der Waals surface area (Å²) in [5, 5.41) is 0. The maximum atomic E-state index is 11.3. The zero-order valence-corrected chi connectivity index (χ0v) is 13.3. The van der Waals surface area contributed by atoms with Crippen molar-refractivity contribution in [3.05, 3.63) is 0 Å². The molecule has 0 aromatic carbocycles. The lowest BCUT2D eigenvalue weighted by Gasteiger charge is -2.38. The van der Waals surface area contributed by atoms with E-state index in [0.29, 0.717) is 0 Å². The Balaban J connectivity index is 1.63. The predicted molar refractivity (Wildman–Crippen MR) is 82.8 cm³/mol. The highest BCUT2D eigenvalue weighted by Crippen LogP contribution is 2.19. The maximum Gasteiger partial charge on any atom is 0.219 e. The number of likely N-dealkylation sites (tertiary alicyclic amines) is 1. The van der Waals surface area contributed by atoms with Gasteiger partial charge in [-0.15, -0.1) is 0 Å². The van der Waals surface area contributed by atoms with Crippen LogP contribution in [0.2, 0.25) is 0 Å². The van der Waals surface area contributed by atoms with E-state index in [0.717, 1.165) is 32.1 Å². The number of rotatable bonds is 5. The molecule has 2 aliphatic rings. The van der Waals surface area contributed by atoms with Gasteiger partial charge in [0.25, 0.3) is 0 Å². The van der Waals surface area contributed by atoms with Crippen LogP contribution in [-0.2, 0) is 4.79 Å². The molecule has 0 aromatic rings. The lowest BCUT2D eigenvalue weighted by atomic mass is 9.95. The molecule has 0 atom stereocenters. The normalized spacial score (nSPS) is 23.2. The fraction of sp³-hybridized carbons (Fsp3) is 0.938. The number of nitrogens with zero attached hydrogens (tertiary/aromatic N) is 3. The maximum absolute atomic E-state index is 11.3. The highest BCUT2D eigenvalue weighted by Gasteiger charge is 2.24. The van der Waals surface area contributed by atoms with Gasteiger partial charge in [-0.2, -0.15) is 0 Å². The number of hydrogen-bond acceptors (Lipinski definition) is 3. The van der Waals surface area contributed by atoms with Gasteiger partial charge in [0, 0.05) is 39.6 Å². The minimum Gasteiger partial charge on any atom is -0.340 e. The molecular formula is C16H31N3O. The van der Waals surface area contributed by atoms with Crippen LogP contribution in [-0.4, -0.2) is 73.0 Å². The fourth-order valence-electron chi connectivity index (χ4n) is 3.38. The summed E-state index contributed by atoms with van der Waals surface area (Å²) in [6, 6.07) is 0. The van der Waals surface area contributed by atoms with Crippen LogP contribution in [0.1, 0.15) is 39.5 Å². The molecule has 4 nitrogen and oxygen atoms in total. The summed E-state index contributed by atoms with van der Waals surface area (Å²) in [4.78, 5) is 18.5. The molecular weight excluding hydrogens is 250 g/mol. The van der Waals surface area contributed by atoms with Gasteiger partial charge in [0.1, 0.15) is 0 Å². The predicted octanol–water partition coefficient (Wildman–Crippen LogP) is 1.66. The quantitative estimate of drug-likeness (QED) is 0.767. The van der Waals surface area contributed by atoms with Crippen molar-refractivity contribution in [2.24, 2.45) is 5.92 Å². The standard InChI is InChI=1S/C16H31N3O/c1-3-4-7-17-8-5-16(6-9-17)14-18-10-12-19(13-11-18)15(2)20/h16H,3-14H2,1-2H3. The van der Waals surface area contributed by atoms with Crippen LogP contribution >= 0.6 is 0 Å². The van der Waals surface area contributed by atoms with Gasteiger partial charge >= 0.3 is 0 Å². The molecule has 0 aliphatic carbocycles. The molecule has 0 bridgehead atoms. The molecule has 4 heteroatoms. The third-order valence-corrected chi connectivity index (χ3v) is 4.87. The second kappa shape index (κ2) is 7.99. The summed E-state index contributed by atoms with van der Waals surface area (Å²) in [7, 11) is 0. The second-order valence-electron chi connectivity index (χ2n) is 6.45. The molecule has 1 amide bonds. The number of carbonyl (C=O) groups excluding carboxylic acids is 1. The SMILES string of the molecule is CCCCN1CCC(CN2CCN(C(C)=O)CC2)CC1. The molecule has 20 heavy (non-hydrogen) atoms. The van der Waals surface area contributed by atoms with Gasteiger partial charge in [0.05, 0.1) is 0 Å². The lowest BCUT2D eigenvalue weighted by Crippen LogP contribution is -2.50. The van der Waals surface area contributed by atoms with E-state index in [2.05, 4.69) is 16.7 Å². The summed E-state index contributed by atoms with van der Waals surface area (Å²) in [6.07, 6.45) is 5.37. The Kier molecular flexibility index (Phi) is 6.30. The van der Waals surface area contributed by atoms with E-state index < -0.39 is 0 Å². The highest BCUT2D eigenvalue weighted by molar-refractivity contribution is 5.73. The van der Waals surface area contributed by atoms with E-state index in [1.54, 1.807) is 6.92 Å². The van der Waals surface area contributed by atoms with Crippen molar-refractivity contribution < 1.29 is 4.79 Å². The van der Waals surface area contributed by atoms with Gasteiger partial charge < -0.3 is 9.80 Å². The first-order chi connectivity index (χ1) is 9.69. The van der Waals surface area contributed by atoms with Crippen molar-refractivity contribution in [1.82, 2.24) is 14.7 Å². The molecule has 2 fully saturated rings. The van der Waals surface area contributed by atoms with Crippen LogP contribution in [0.3, 0.4) is 0 Å². The number of piperazine rings is 1. The van der Waals surface area contributed by atoms with Crippen molar-refractivity contribution >= 4 is 5.91 Å². The molecule has 0 unspecified atom stereocenters. The van der Waals surface area contributed by atoms with Gasteiger partial charge in [0.15, 0.2) is 0 Å². The van der Waals surface area contributed by atoms with Gasteiger partial charge in [-0.1, -0.05) is 13.3 Å². The molecule has 0 N–H and O–H groups in total. The third kappa shape index (κ3) is 4.74. The smallest absolute Gasteiger partial charge is 0.219 e. The Morgan fingerprint density at radius 3 is 2.20 bits per heavy atom. The van der Waals surface area contributed by atoms with E-state index in [4.69, 9.17) is 0 Å². The Labute approximate surface area is 124 Å². The number of amides is 1. The highest BCUT2D eigenvalue weighted by atomic mass is 16.2. The summed E-state index contributed by atoms with van der Waals surface area (Å²) in [5.74, 6) is 1.10. The van der Waals surface area contributed by atoms with E-state index >= 15 is 0 Å². The number of hydrogen-bond donors (Lipinski definition) is 0. The van der Waals surface area contributed by atoms with Crippen molar-refractivity contribution in [2.75, 3.05) is 52.4 Å². The zero-order valence-electron chi connectivity index (χ0n) is 13.3. The molecule has 0 saturated carbocycles.